The number of carbonyl (C=O) groups is 1. The molecule has 6 aromatic rings. The van der Waals surface area contributed by atoms with Gasteiger partial charge < -0.3 is 14.9 Å². The molecule has 6 rings (SSSR count). The predicted molar refractivity (Wildman–Crippen MR) is 167 cm³/mol. The Morgan fingerprint density at radius 2 is 1.67 bits per heavy atom. The smallest absolute Gasteiger partial charge is 0.265 e. The third-order valence-electron chi connectivity index (χ3n) is 7.41. The van der Waals surface area contributed by atoms with Gasteiger partial charge in [0.15, 0.2) is 5.76 Å². The molecule has 0 radical (unpaired) electrons. The van der Waals surface area contributed by atoms with Crippen LogP contribution in [-0.2, 0) is 10.0 Å². The summed E-state index contributed by atoms with van der Waals surface area (Å²) in [7, 11) is -4.26. The largest absolute Gasteiger partial charge is 0.485 e. The Bertz CT molecular complexity index is 2120. The molecule has 0 bridgehead atoms. The minimum atomic E-state index is -4.26. The zero-order chi connectivity index (χ0) is 30.3. The number of aromatic nitrogens is 1. The molecule has 0 unspecified atom stereocenters. The number of anilines is 1. The summed E-state index contributed by atoms with van der Waals surface area (Å²) in [6.45, 7) is 5.70. The van der Waals surface area contributed by atoms with E-state index in [0.29, 0.717) is 33.7 Å². The molecule has 216 valence electrons. The fourth-order valence-corrected chi connectivity index (χ4v) is 6.18. The van der Waals surface area contributed by atoms with Gasteiger partial charge in [-0.2, -0.15) is 0 Å². The van der Waals surface area contributed by atoms with Gasteiger partial charge in [-0.3, -0.25) is 4.79 Å². The summed E-state index contributed by atoms with van der Waals surface area (Å²) in [4.78, 5) is 18.8. The van der Waals surface area contributed by atoms with Crippen LogP contribution in [0.1, 0.15) is 40.1 Å². The molecule has 0 aliphatic carbocycles. The van der Waals surface area contributed by atoms with E-state index in [-0.39, 0.29) is 22.3 Å². The second-order valence-corrected chi connectivity index (χ2v) is 12.1. The quantitative estimate of drug-likeness (QED) is 0.190. The Labute approximate surface area is 249 Å². The Balaban J connectivity index is 1.54. The van der Waals surface area contributed by atoms with Crippen molar-refractivity contribution >= 4 is 43.5 Å². The number of para-hydroxylation sites is 1. The number of aryl methyl sites for hydroxylation is 2. The highest BCUT2D eigenvalue weighted by Crippen LogP contribution is 2.38. The third-order valence-corrected chi connectivity index (χ3v) is 8.74. The van der Waals surface area contributed by atoms with E-state index in [0.717, 1.165) is 22.1 Å². The van der Waals surface area contributed by atoms with Crippen LogP contribution in [0.25, 0.3) is 33.3 Å². The van der Waals surface area contributed by atoms with E-state index in [1.165, 1.54) is 18.2 Å². The van der Waals surface area contributed by atoms with Crippen LogP contribution in [0.4, 0.5) is 5.69 Å². The average Bonchev–Trinajstić information content (AvgIpc) is 3.34. The highest BCUT2D eigenvalue weighted by Gasteiger charge is 2.26. The van der Waals surface area contributed by atoms with Gasteiger partial charge in [-0.25, -0.2) is 18.1 Å². The third kappa shape index (κ3) is 5.30. The summed E-state index contributed by atoms with van der Waals surface area (Å²) < 4.78 is 41.4. The van der Waals surface area contributed by atoms with Crippen LogP contribution in [-0.4, -0.2) is 19.3 Å². The van der Waals surface area contributed by atoms with Gasteiger partial charge in [-0.05, 0) is 68.3 Å². The lowest BCUT2D eigenvalue weighted by atomic mass is 10.0. The van der Waals surface area contributed by atoms with Gasteiger partial charge in [0.1, 0.15) is 23.1 Å². The van der Waals surface area contributed by atoms with Crippen molar-refractivity contribution < 1.29 is 22.4 Å². The minimum Gasteiger partial charge on any atom is -0.485 e. The van der Waals surface area contributed by atoms with E-state index in [1.54, 1.807) is 18.2 Å². The van der Waals surface area contributed by atoms with Crippen LogP contribution in [0.15, 0.2) is 106 Å². The standard InChI is InChI=1S/C34H29N3O5S/c1-20-16-17-30(41-22(3)23-10-5-4-6-11-23)31-27(34(38)37-43(39,40)25-13-9-12-24(35)18-25)19-28(36-32(20)31)33-21(2)26-14-7-8-15-29(26)42-33/h4-19,22H,35H2,1-3H3,(H,37,38)/t22-/m1/s1. The van der Waals surface area contributed by atoms with Crippen molar-refractivity contribution in [3.8, 4) is 17.2 Å². The minimum absolute atomic E-state index is 0.0753. The topological polar surface area (TPSA) is 125 Å². The van der Waals surface area contributed by atoms with Crippen molar-refractivity contribution in [1.29, 1.82) is 0 Å². The summed E-state index contributed by atoms with van der Waals surface area (Å²) in [6.07, 6.45) is -0.365. The summed E-state index contributed by atoms with van der Waals surface area (Å²) in [5.74, 6) is 0.0377. The normalized spacial score (nSPS) is 12.3. The number of carbonyl (C=O) groups excluding carboxylic acids is 1. The highest BCUT2D eigenvalue weighted by atomic mass is 32.2. The molecule has 0 spiro atoms. The molecule has 0 saturated carbocycles. The molecule has 1 amide bonds. The summed E-state index contributed by atoms with van der Waals surface area (Å²) in [6, 6.07) is 28.2. The van der Waals surface area contributed by atoms with E-state index >= 15 is 0 Å². The number of benzene rings is 4. The molecule has 9 heteroatoms. The summed E-state index contributed by atoms with van der Waals surface area (Å²) >= 11 is 0. The van der Waals surface area contributed by atoms with Gasteiger partial charge in [-0.1, -0.05) is 60.7 Å². The van der Waals surface area contributed by atoms with Crippen molar-refractivity contribution in [2.75, 3.05) is 5.73 Å². The van der Waals surface area contributed by atoms with E-state index < -0.39 is 15.9 Å². The number of sulfonamides is 1. The van der Waals surface area contributed by atoms with Crippen LogP contribution >= 0.6 is 0 Å². The Kier molecular flexibility index (Phi) is 7.11. The summed E-state index contributed by atoms with van der Waals surface area (Å²) in [5, 5.41) is 1.31. The van der Waals surface area contributed by atoms with E-state index in [2.05, 4.69) is 4.72 Å². The first-order valence-electron chi connectivity index (χ1n) is 13.7. The number of pyridine rings is 1. The predicted octanol–water partition coefficient (Wildman–Crippen LogP) is 7.11. The van der Waals surface area contributed by atoms with E-state index in [9.17, 15) is 13.2 Å². The number of nitrogen functional groups attached to an aromatic ring is 1. The number of hydrogen-bond donors (Lipinski definition) is 2. The lowest BCUT2D eigenvalue weighted by Crippen LogP contribution is -2.31. The number of hydrogen-bond acceptors (Lipinski definition) is 7. The molecule has 1 atom stereocenters. The number of nitrogens with one attached hydrogen (secondary N) is 1. The van der Waals surface area contributed by atoms with E-state index in [4.69, 9.17) is 19.9 Å². The zero-order valence-corrected chi connectivity index (χ0v) is 24.6. The molecule has 2 aromatic heterocycles. The molecule has 0 fully saturated rings. The lowest BCUT2D eigenvalue weighted by molar-refractivity contribution is 0.0982. The molecule has 8 nitrogen and oxygen atoms in total. The number of ether oxygens (including phenoxy) is 1. The average molecular weight is 592 g/mol. The van der Waals surface area contributed by atoms with Gasteiger partial charge in [0.05, 0.1) is 21.4 Å². The van der Waals surface area contributed by atoms with Gasteiger partial charge in [0.25, 0.3) is 15.9 Å². The number of nitrogens with two attached hydrogens (primary N) is 1. The first-order valence-corrected chi connectivity index (χ1v) is 15.2. The number of rotatable bonds is 7. The zero-order valence-electron chi connectivity index (χ0n) is 23.8. The van der Waals surface area contributed by atoms with Gasteiger partial charge in [0, 0.05) is 16.6 Å². The molecule has 0 aliphatic rings. The van der Waals surface area contributed by atoms with E-state index in [1.807, 2.05) is 81.4 Å². The molecule has 43 heavy (non-hydrogen) atoms. The van der Waals surface area contributed by atoms with Gasteiger partial charge >= 0.3 is 0 Å². The number of furan rings is 1. The van der Waals surface area contributed by atoms with Crippen LogP contribution < -0.4 is 15.2 Å². The van der Waals surface area contributed by atoms with Gasteiger partial charge in [0.2, 0.25) is 0 Å². The Hall–Kier alpha value is -5.15. The fraction of sp³-hybridized carbons (Fsp3) is 0.118. The fourth-order valence-electron chi connectivity index (χ4n) is 5.16. The van der Waals surface area contributed by atoms with Crippen molar-refractivity contribution in [3.63, 3.8) is 0 Å². The maximum absolute atomic E-state index is 14.0. The molecular weight excluding hydrogens is 562 g/mol. The van der Waals surface area contributed by atoms with Crippen molar-refractivity contribution in [2.24, 2.45) is 0 Å². The van der Waals surface area contributed by atoms with Crippen molar-refractivity contribution in [3.05, 3.63) is 119 Å². The van der Waals surface area contributed by atoms with Crippen LogP contribution in [0.3, 0.4) is 0 Å². The number of amides is 1. The SMILES string of the molecule is Cc1c(-c2cc(C(=O)NS(=O)(=O)c3cccc(N)c3)c3c(O[C@H](C)c4ccccc4)ccc(C)c3n2)oc2ccccc12. The van der Waals surface area contributed by atoms with Crippen LogP contribution in [0, 0.1) is 13.8 Å². The molecule has 2 heterocycles. The molecule has 3 N–H and O–H groups in total. The number of fused-ring (bicyclic) bond motifs is 2. The van der Waals surface area contributed by atoms with Crippen molar-refractivity contribution in [1.82, 2.24) is 9.71 Å². The molecule has 0 saturated heterocycles. The van der Waals surface area contributed by atoms with Crippen LogP contribution in [0.2, 0.25) is 0 Å². The first-order chi connectivity index (χ1) is 20.6. The summed E-state index contributed by atoms with van der Waals surface area (Å²) in [5.41, 5.74) is 10.3. The first kappa shape index (κ1) is 28.0. The number of nitrogens with zero attached hydrogens (tertiary/aromatic N) is 1. The van der Waals surface area contributed by atoms with Gasteiger partial charge in [-0.15, -0.1) is 0 Å². The molecular formula is C34H29N3O5S. The lowest BCUT2D eigenvalue weighted by Gasteiger charge is -2.19. The molecule has 4 aromatic carbocycles. The van der Waals surface area contributed by atoms with Crippen molar-refractivity contribution in [2.45, 2.75) is 31.8 Å². The maximum Gasteiger partial charge on any atom is 0.265 e. The second-order valence-electron chi connectivity index (χ2n) is 10.4. The maximum atomic E-state index is 14.0. The Morgan fingerprint density at radius 1 is 0.930 bits per heavy atom. The second kappa shape index (κ2) is 10.9. The van der Waals surface area contributed by atoms with Crippen LogP contribution in [0.5, 0.6) is 5.75 Å². The monoisotopic (exact) mass is 591 g/mol. The highest BCUT2D eigenvalue weighted by molar-refractivity contribution is 7.90. The molecule has 0 aliphatic heterocycles. The Morgan fingerprint density at radius 3 is 2.42 bits per heavy atom.